The van der Waals surface area contributed by atoms with Crippen molar-refractivity contribution >= 4 is 64.8 Å². The first kappa shape index (κ1) is 29.9. The summed E-state index contributed by atoms with van der Waals surface area (Å²) in [6, 6.07) is 58.9. The van der Waals surface area contributed by atoms with Crippen LogP contribution >= 0.6 is 11.3 Å². The van der Waals surface area contributed by atoms with Crippen LogP contribution in [0, 0.1) is 13.8 Å². The number of aryl methyl sites for hydroxylation is 3. The van der Waals surface area contributed by atoms with Crippen molar-refractivity contribution in [2.24, 2.45) is 7.05 Å². The number of para-hydroxylation sites is 1. The minimum atomic E-state index is 1.25. The van der Waals surface area contributed by atoms with Gasteiger partial charge in [0.1, 0.15) is 0 Å². The highest BCUT2D eigenvalue weighted by molar-refractivity contribution is 7.23. The smallest absolute Gasteiger partial charge is 0.0489 e. The summed E-state index contributed by atoms with van der Waals surface area (Å²) in [5.74, 6) is 0. The highest BCUT2D eigenvalue weighted by atomic mass is 32.1. The molecule has 10 rings (SSSR count). The first-order chi connectivity index (χ1) is 25.0. The average molecular weight is 670 g/mol. The van der Waals surface area contributed by atoms with Crippen LogP contribution in [-0.4, -0.2) is 4.57 Å². The van der Waals surface area contributed by atoms with Gasteiger partial charge in [-0.05, 0) is 93.0 Å². The molecule has 0 N–H and O–H groups in total. The average Bonchev–Trinajstić information content (AvgIpc) is 3.69. The molecule has 0 bridgehead atoms. The van der Waals surface area contributed by atoms with E-state index in [2.05, 4.69) is 183 Å². The number of nitrogens with zero attached hydrogens (tertiary/aromatic N) is 1. The molecule has 51 heavy (non-hydrogen) atoms. The summed E-state index contributed by atoms with van der Waals surface area (Å²) in [5, 5.41) is 8.99. The van der Waals surface area contributed by atoms with Crippen LogP contribution < -0.4 is 0 Å². The molecule has 8 aromatic carbocycles. The molecule has 2 heterocycles. The fourth-order valence-corrected chi connectivity index (χ4v) is 9.51. The lowest BCUT2D eigenvalue weighted by atomic mass is 9.85. The first-order valence-corrected chi connectivity index (χ1v) is 18.5. The van der Waals surface area contributed by atoms with Crippen LogP contribution in [0.25, 0.3) is 97.3 Å². The molecule has 2 aromatic heterocycles. The Kier molecular flexibility index (Phi) is 6.78. The van der Waals surface area contributed by atoms with Crippen LogP contribution in [0.2, 0.25) is 0 Å². The Morgan fingerprint density at radius 2 is 0.843 bits per heavy atom. The standard InChI is InChI=1S/C49H35NS/c1-30-16-20-32(21-17-30)48-41-26-24-35(29-45(41)51-49(48)33-22-18-31(2)19-23-33)47-39-13-6-4-11-37(39)46(38-12-5-7-14-40(38)47)34-25-27-44-42(28-34)36-10-8-9-15-43(36)50(44)3/h4-29H,1-3H3. The largest absolute Gasteiger partial charge is 0.344 e. The third-order valence-electron chi connectivity index (χ3n) is 10.8. The SMILES string of the molecule is Cc1ccc(-c2sc3cc(-c4c5ccccc5c(-c5ccc6c(c5)c5ccccc5n6C)c5ccccc45)ccc3c2-c2ccc(C)cc2)cc1. The summed E-state index contributed by atoms with van der Waals surface area (Å²) < 4.78 is 3.61. The van der Waals surface area contributed by atoms with Crippen molar-refractivity contribution in [3.05, 3.63) is 169 Å². The van der Waals surface area contributed by atoms with E-state index < -0.39 is 0 Å². The van der Waals surface area contributed by atoms with Gasteiger partial charge in [0, 0.05) is 49.4 Å². The summed E-state index contributed by atoms with van der Waals surface area (Å²) in [5.41, 5.74) is 14.0. The fraction of sp³-hybridized carbons (Fsp3) is 0.0612. The van der Waals surface area contributed by atoms with Crippen LogP contribution in [0.1, 0.15) is 11.1 Å². The normalized spacial score (nSPS) is 11.8. The van der Waals surface area contributed by atoms with Gasteiger partial charge < -0.3 is 4.57 Å². The van der Waals surface area contributed by atoms with Gasteiger partial charge in [0.2, 0.25) is 0 Å². The summed E-state index contributed by atoms with van der Waals surface area (Å²) >= 11 is 1.90. The molecule has 0 atom stereocenters. The van der Waals surface area contributed by atoms with Crippen molar-refractivity contribution in [1.29, 1.82) is 0 Å². The Balaban J connectivity index is 1.23. The van der Waals surface area contributed by atoms with Crippen LogP contribution in [0.15, 0.2) is 158 Å². The highest BCUT2D eigenvalue weighted by Crippen LogP contribution is 2.49. The van der Waals surface area contributed by atoms with Crippen molar-refractivity contribution in [2.75, 3.05) is 0 Å². The second-order valence-corrected chi connectivity index (χ2v) is 15.0. The molecular formula is C49H35NS. The van der Waals surface area contributed by atoms with Gasteiger partial charge in [-0.2, -0.15) is 0 Å². The van der Waals surface area contributed by atoms with Gasteiger partial charge in [0.15, 0.2) is 0 Å². The van der Waals surface area contributed by atoms with E-state index in [1.54, 1.807) is 0 Å². The van der Waals surface area contributed by atoms with Gasteiger partial charge >= 0.3 is 0 Å². The van der Waals surface area contributed by atoms with Crippen LogP contribution in [0.5, 0.6) is 0 Å². The Labute approximate surface area is 301 Å². The number of benzene rings is 8. The molecule has 0 spiro atoms. The van der Waals surface area contributed by atoms with E-state index >= 15 is 0 Å². The van der Waals surface area contributed by atoms with Crippen molar-refractivity contribution in [1.82, 2.24) is 4.57 Å². The van der Waals surface area contributed by atoms with Crippen molar-refractivity contribution in [2.45, 2.75) is 13.8 Å². The zero-order valence-corrected chi connectivity index (χ0v) is 29.7. The molecule has 0 saturated heterocycles. The number of aromatic nitrogens is 1. The van der Waals surface area contributed by atoms with E-state index in [-0.39, 0.29) is 0 Å². The topological polar surface area (TPSA) is 4.93 Å². The van der Waals surface area contributed by atoms with E-state index in [0.29, 0.717) is 0 Å². The highest BCUT2D eigenvalue weighted by Gasteiger charge is 2.20. The molecule has 0 aliphatic carbocycles. The van der Waals surface area contributed by atoms with E-state index in [4.69, 9.17) is 0 Å². The summed E-state index contributed by atoms with van der Waals surface area (Å²) in [4.78, 5) is 1.32. The molecule has 0 fully saturated rings. The summed E-state index contributed by atoms with van der Waals surface area (Å²) in [6.07, 6.45) is 0. The molecule has 10 aromatic rings. The molecule has 0 unspecified atom stereocenters. The quantitative estimate of drug-likeness (QED) is 0.164. The molecule has 242 valence electrons. The maximum absolute atomic E-state index is 2.44. The first-order valence-electron chi connectivity index (χ1n) is 17.7. The Morgan fingerprint density at radius 3 is 1.45 bits per heavy atom. The van der Waals surface area contributed by atoms with Gasteiger partial charge in [0.05, 0.1) is 0 Å². The number of rotatable bonds is 4. The van der Waals surface area contributed by atoms with E-state index in [1.165, 1.54) is 108 Å². The van der Waals surface area contributed by atoms with Gasteiger partial charge in [0.25, 0.3) is 0 Å². The number of hydrogen-bond acceptors (Lipinski definition) is 1. The van der Waals surface area contributed by atoms with Gasteiger partial charge in [-0.15, -0.1) is 11.3 Å². The molecule has 0 amide bonds. The Morgan fingerprint density at radius 1 is 0.373 bits per heavy atom. The maximum Gasteiger partial charge on any atom is 0.0489 e. The number of hydrogen-bond donors (Lipinski definition) is 0. The minimum absolute atomic E-state index is 1.25. The maximum atomic E-state index is 2.44. The Bertz CT molecular complexity index is 2920. The second kappa shape index (κ2) is 11.6. The molecule has 0 saturated carbocycles. The van der Waals surface area contributed by atoms with E-state index in [0.717, 1.165) is 0 Å². The predicted molar refractivity (Wildman–Crippen MR) is 222 cm³/mol. The number of fused-ring (bicyclic) bond motifs is 6. The van der Waals surface area contributed by atoms with Gasteiger partial charge in [-0.1, -0.05) is 145 Å². The molecule has 0 radical (unpaired) electrons. The fourth-order valence-electron chi connectivity index (χ4n) is 8.24. The van der Waals surface area contributed by atoms with Crippen molar-refractivity contribution in [3.8, 4) is 43.8 Å². The predicted octanol–water partition coefficient (Wildman–Crippen LogP) is 14.1. The Hall–Kier alpha value is -5.96. The molecular weight excluding hydrogens is 635 g/mol. The van der Waals surface area contributed by atoms with Gasteiger partial charge in [-0.3, -0.25) is 0 Å². The third-order valence-corrected chi connectivity index (χ3v) is 12.0. The molecule has 2 heteroatoms. The van der Waals surface area contributed by atoms with Crippen molar-refractivity contribution in [3.63, 3.8) is 0 Å². The van der Waals surface area contributed by atoms with E-state index in [9.17, 15) is 0 Å². The second-order valence-electron chi connectivity index (χ2n) is 13.9. The lowest BCUT2D eigenvalue weighted by Crippen LogP contribution is -1.91. The number of thiophene rings is 1. The molecule has 1 nitrogen and oxygen atoms in total. The van der Waals surface area contributed by atoms with Gasteiger partial charge in [-0.25, -0.2) is 0 Å². The lowest BCUT2D eigenvalue weighted by molar-refractivity contribution is 1.01. The summed E-state index contributed by atoms with van der Waals surface area (Å²) in [7, 11) is 2.17. The van der Waals surface area contributed by atoms with Crippen LogP contribution in [0.3, 0.4) is 0 Å². The molecule has 0 aliphatic rings. The third kappa shape index (κ3) is 4.67. The van der Waals surface area contributed by atoms with Crippen LogP contribution in [0.4, 0.5) is 0 Å². The monoisotopic (exact) mass is 669 g/mol. The zero-order chi connectivity index (χ0) is 34.2. The summed E-state index contributed by atoms with van der Waals surface area (Å²) in [6.45, 7) is 4.31. The zero-order valence-electron chi connectivity index (χ0n) is 28.9. The molecule has 0 aliphatic heterocycles. The lowest BCUT2D eigenvalue weighted by Gasteiger charge is -2.18. The van der Waals surface area contributed by atoms with Crippen LogP contribution in [-0.2, 0) is 7.05 Å². The minimum Gasteiger partial charge on any atom is -0.344 e. The van der Waals surface area contributed by atoms with E-state index in [1.807, 2.05) is 11.3 Å². The van der Waals surface area contributed by atoms with Crippen molar-refractivity contribution < 1.29 is 0 Å².